The molecule has 1 heterocycles. The molecule has 0 aliphatic carbocycles. The van der Waals surface area contributed by atoms with Crippen LogP contribution in [0.1, 0.15) is 26.7 Å². The molecule has 0 aliphatic heterocycles. The van der Waals surface area contributed by atoms with Crippen molar-refractivity contribution in [1.29, 1.82) is 0 Å². The topological polar surface area (TPSA) is 50.6 Å². The van der Waals surface area contributed by atoms with Crippen LogP contribution in [0, 0.1) is 0 Å². The van der Waals surface area contributed by atoms with Crippen LogP contribution in [-0.2, 0) is 11.3 Å². The number of guanidine groups is 1. The fourth-order valence-corrected chi connectivity index (χ4v) is 2.63. The van der Waals surface area contributed by atoms with E-state index in [2.05, 4.69) is 63.6 Å². The molecule has 5 heteroatoms. The van der Waals surface area contributed by atoms with Gasteiger partial charge in [-0.15, -0.1) is 0 Å². The molecule has 24 heavy (non-hydrogen) atoms. The number of hydrogen-bond acceptors (Lipinski definition) is 2. The molecule has 2 N–H and O–H groups in total. The highest BCUT2D eigenvalue weighted by Gasteiger charge is 2.00. The van der Waals surface area contributed by atoms with Gasteiger partial charge in [0.2, 0.25) is 0 Å². The highest BCUT2D eigenvalue weighted by molar-refractivity contribution is 5.80. The van der Waals surface area contributed by atoms with Crippen LogP contribution in [0.5, 0.6) is 0 Å². The SMILES string of the molecule is CCNC(=NCCCn1ccc2ccccc21)NCCCOCC. The van der Waals surface area contributed by atoms with Crippen molar-refractivity contribution in [2.24, 2.45) is 4.99 Å². The highest BCUT2D eigenvalue weighted by Crippen LogP contribution is 2.15. The van der Waals surface area contributed by atoms with Crippen LogP contribution in [0.15, 0.2) is 41.5 Å². The molecule has 0 saturated heterocycles. The van der Waals surface area contributed by atoms with Gasteiger partial charge in [0, 0.05) is 51.1 Å². The minimum absolute atomic E-state index is 0.780. The molecule has 0 fully saturated rings. The Hall–Kier alpha value is -2.01. The van der Waals surface area contributed by atoms with Crippen molar-refractivity contribution in [2.75, 3.05) is 32.8 Å². The Bertz CT molecular complexity index is 621. The first-order valence-corrected chi connectivity index (χ1v) is 8.99. The van der Waals surface area contributed by atoms with Crippen molar-refractivity contribution in [2.45, 2.75) is 33.2 Å². The summed E-state index contributed by atoms with van der Waals surface area (Å²) in [6.07, 6.45) is 4.17. The van der Waals surface area contributed by atoms with Crippen molar-refractivity contribution in [1.82, 2.24) is 15.2 Å². The predicted octanol–water partition coefficient (Wildman–Crippen LogP) is 3.01. The maximum absolute atomic E-state index is 5.35. The smallest absolute Gasteiger partial charge is 0.191 e. The molecule has 2 rings (SSSR count). The second-order valence-corrected chi connectivity index (χ2v) is 5.66. The number of fused-ring (bicyclic) bond motifs is 1. The predicted molar refractivity (Wildman–Crippen MR) is 102 cm³/mol. The Morgan fingerprint density at radius 3 is 2.83 bits per heavy atom. The molecule has 0 bridgehead atoms. The summed E-state index contributed by atoms with van der Waals surface area (Å²) in [6.45, 7) is 9.24. The number of ether oxygens (including phenoxy) is 1. The molecule has 1 aromatic heterocycles. The number of hydrogen-bond donors (Lipinski definition) is 2. The number of nitrogens with one attached hydrogen (secondary N) is 2. The Morgan fingerprint density at radius 1 is 1.12 bits per heavy atom. The number of nitrogens with zero attached hydrogens (tertiary/aromatic N) is 2. The summed E-state index contributed by atoms with van der Waals surface area (Å²) >= 11 is 0. The van der Waals surface area contributed by atoms with E-state index in [1.165, 1.54) is 10.9 Å². The van der Waals surface area contributed by atoms with Crippen LogP contribution in [0.3, 0.4) is 0 Å². The number of rotatable bonds is 10. The summed E-state index contributed by atoms with van der Waals surface area (Å²) in [5.41, 5.74) is 1.29. The first-order valence-electron chi connectivity index (χ1n) is 8.99. The highest BCUT2D eigenvalue weighted by atomic mass is 16.5. The van der Waals surface area contributed by atoms with E-state index in [9.17, 15) is 0 Å². The fourth-order valence-electron chi connectivity index (χ4n) is 2.63. The van der Waals surface area contributed by atoms with Crippen molar-refractivity contribution in [3.05, 3.63) is 36.5 Å². The van der Waals surface area contributed by atoms with Gasteiger partial charge in [0.05, 0.1) is 0 Å². The Morgan fingerprint density at radius 2 is 2.00 bits per heavy atom. The van der Waals surface area contributed by atoms with E-state index < -0.39 is 0 Å². The van der Waals surface area contributed by atoms with Crippen molar-refractivity contribution in [3.8, 4) is 0 Å². The number of para-hydroxylation sites is 1. The molecule has 0 atom stereocenters. The summed E-state index contributed by atoms with van der Waals surface area (Å²) in [5, 5.41) is 7.94. The lowest BCUT2D eigenvalue weighted by atomic mass is 10.2. The van der Waals surface area contributed by atoms with Crippen LogP contribution in [-0.4, -0.2) is 43.4 Å². The number of benzene rings is 1. The lowest BCUT2D eigenvalue weighted by Gasteiger charge is -2.11. The minimum Gasteiger partial charge on any atom is -0.382 e. The van der Waals surface area contributed by atoms with Crippen molar-refractivity contribution in [3.63, 3.8) is 0 Å². The van der Waals surface area contributed by atoms with Gasteiger partial charge in [0.15, 0.2) is 5.96 Å². The molecule has 0 aliphatic rings. The molecule has 1 aromatic carbocycles. The van der Waals surface area contributed by atoms with Gasteiger partial charge in [-0.3, -0.25) is 4.99 Å². The van der Waals surface area contributed by atoms with Gasteiger partial charge in [0.1, 0.15) is 0 Å². The molecular formula is C19H30N4O. The zero-order valence-electron chi connectivity index (χ0n) is 14.9. The third-order valence-corrected chi connectivity index (χ3v) is 3.81. The molecule has 5 nitrogen and oxygen atoms in total. The van der Waals surface area contributed by atoms with E-state index in [4.69, 9.17) is 4.74 Å². The zero-order valence-corrected chi connectivity index (χ0v) is 14.9. The normalized spacial score (nSPS) is 11.8. The standard InChI is InChI=1S/C19H30N4O/c1-3-20-19(22-13-8-16-24-4-2)21-12-7-14-23-15-11-17-9-5-6-10-18(17)23/h5-6,9-11,15H,3-4,7-8,12-14,16H2,1-2H3,(H2,20,21,22). The number of aromatic nitrogens is 1. The van der Waals surface area contributed by atoms with Crippen molar-refractivity contribution < 1.29 is 4.74 Å². The Labute approximate surface area is 145 Å². The molecule has 0 unspecified atom stereocenters. The van der Waals surface area contributed by atoms with E-state index >= 15 is 0 Å². The summed E-state index contributed by atoms with van der Waals surface area (Å²) in [5.74, 6) is 0.895. The van der Waals surface area contributed by atoms with E-state index in [1.54, 1.807) is 0 Å². The first-order chi connectivity index (χ1) is 11.8. The number of aryl methyl sites for hydroxylation is 1. The van der Waals surface area contributed by atoms with E-state index in [1.807, 2.05) is 6.92 Å². The van der Waals surface area contributed by atoms with Crippen molar-refractivity contribution >= 4 is 16.9 Å². The van der Waals surface area contributed by atoms with Crippen LogP contribution in [0.25, 0.3) is 10.9 Å². The average Bonchev–Trinajstić information content (AvgIpc) is 3.01. The molecule has 0 radical (unpaired) electrons. The Balaban J connectivity index is 1.75. The van der Waals surface area contributed by atoms with Crippen LogP contribution in [0.2, 0.25) is 0 Å². The monoisotopic (exact) mass is 330 g/mol. The molecule has 0 amide bonds. The maximum atomic E-state index is 5.35. The molecule has 132 valence electrons. The van der Waals surface area contributed by atoms with Gasteiger partial charge in [-0.25, -0.2) is 0 Å². The van der Waals surface area contributed by atoms with Crippen LogP contribution in [0.4, 0.5) is 0 Å². The molecular weight excluding hydrogens is 300 g/mol. The minimum atomic E-state index is 0.780. The third-order valence-electron chi connectivity index (χ3n) is 3.81. The first kappa shape index (κ1) is 18.3. The molecule has 0 saturated carbocycles. The van der Waals surface area contributed by atoms with Gasteiger partial charge in [-0.05, 0) is 44.2 Å². The quantitative estimate of drug-likeness (QED) is 0.400. The zero-order chi connectivity index (χ0) is 17.0. The van der Waals surface area contributed by atoms with Crippen LogP contribution >= 0.6 is 0 Å². The van der Waals surface area contributed by atoms with Gasteiger partial charge in [0.25, 0.3) is 0 Å². The maximum Gasteiger partial charge on any atom is 0.191 e. The lowest BCUT2D eigenvalue weighted by molar-refractivity contribution is 0.145. The summed E-state index contributed by atoms with van der Waals surface area (Å²) in [6, 6.07) is 10.7. The lowest BCUT2D eigenvalue weighted by Crippen LogP contribution is -2.38. The second kappa shape index (κ2) is 10.7. The summed E-state index contributed by atoms with van der Waals surface area (Å²) in [4.78, 5) is 4.65. The average molecular weight is 330 g/mol. The number of aliphatic imine (C=N–C) groups is 1. The van der Waals surface area contributed by atoms with Gasteiger partial charge in [-0.2, -0.15) is 0 Å². The van der Waals surface area contributed by atoms with E-state index in [-0.39, 0.29) is 0 Å². The molecule has 2 aromatic rings. The summed E-state index contributed by atoms with van der Waals surface area (Å²) in [7, 11) is 0. The second-order valence-electron chi connectivity index (χ2n) is 5.66. The van der Waals surface area contributed by atoms with E-state index in [0.717, 1.165) is 58.2 Å². The van der Waals surface area contributed by atoms with Crippen LogP contribution < -0.4 is 10.6 Å². The van der Waals surface area contributed by atoms with Gasteiger partial charge < -0.3 is 19.9 Å². The van der Waals surface area contributed by atoms with Gasteiger partial charge in [-0.1, -0.05) is 18.2 Å². The molecule has 0 spiro atoms. The fraction of sp³-hybridized carbons (Fsp3) is 0.526. The Kier molecular flexibility index (Phi) is 8.18. The third kappa shape index (κ3) is 5.89. The largest absolute Gasteiger partial charge is 0.382 e. The van der Waals surface area contributed by atoms with E-state index in [0.29, 0.717) is 0 Å². The van der Waals surface area contributed by atoms with Gasteiger partial charge >= 0.3 is 0 Å². The summed E-state index contributed by atoms with van der Waals surface area (Å²) < 4.78 is 7.65.